The molecule has 1 unspecified atom stereocenters. The predicted molar refractivity (Wildman–Crippen MR) is 116 cm³/mol. The van der Waals surface area contributed by atoms with E-state index in [1.165, 1.54) is 18.2 Å². The first kappa shape index (κ1) is 21.3. The first-order valence-electron chi connectivity index (χ1n) is 9.31. The number of rotatable bonds is 6. The lowest BCUT2D eigenvalue weighted by Crippen LogP contribution is -2.26. The van der Waals surface area contributed by atoms with Gasteiger partial charge < -0.3 is 10.6 Å². The standard InChI is InChI=1S/C23H22N2O4S/c1-16(24-23(27)19-11-7-13-21(15-19)30(2,28)29)18-10-6-12-20(14-18)25-22(26)17-8-4-3-5-9-17/h3-16H,1-2H3,(H,24,27)(H,25,26). The molecule has 0 spiro atoms. The number of hydrogen-bond acceptors (Lipinski definition) is 4. The van der Waals surface area contributed by atoms with Gasteiger partial charge in [0.1, 0.15) is 0 Å². The van der Waals surface area contributed by atoms with E-state index in [2.05, 4.69) is 10.6 Å². The maximum absolute atomic E-state index is 12.6. The van der Waals surface area contributed by atoms with E-state index in [1.54, 1.807) is 48.5 Å². The Labute approximate surface area is 175 Å². The van der Waals surface area contributed by atoms with E-state index in [0.717, 1.165) is 11.8 Å². The molecule has 0 aliphatic heterocycles. The molecule has 0 bridgehead atoms. The largest absolute Gasteiger partial charge is 0.346 e. The molecular formula is C23H22N2O4S. The second kappa shape index (κ2) is 8.92. The van der Waals surface area contributed by atoms with Gasteiger partial charge in [-0.05, 0) is 55.0 Å². The van der Waals surface area contributed by atoms with E-state index in [1.807, 2.05) is 19.1 Å². The van der Waals surface area contributed by atoms with Crippen LogP contribution in [0.15, 0.2) is 83.8 Å². The van der Waals surface area contributed by atoms with Crippen LogP contribution < -0.4 is 10.6 Å². The molecule has 0 heterocycles. The Morgan fingerprint density at radius 1 is 0.800 bits per heavy atom. The molecule has 0 aromatic heterocycles. The Morgan fingerprint density at radius 3 is 2.17 bits per heavy atom. The van der Waals surface area contributed by atoms with E-state index in [0.29, 0.717) is 11.3 Å². The van der Waals surface area contributed by atoms with Crippen molar-refractivity contribution in [3.05, 3.63) is 95.6 Å². The van der Waals surface area contributed by atoms with Crippen LogP contribution in [0.4, 0.5) is 5.69 Å². The average Bonchev–Trinajstić information content (AvgIpc) is 2.74. The van der Waals surface area contributed by atoms with Crippen molar-refractivity contribution in [2.24, 2.45) is 0 Å². The second-order valence-electron chi connectivity index (χ2n) is 6.94. The Balaban J connectivity index is 1.71. The molecule has 0 fully saturated rings. The first-order chi connectivity index (χ1) is 14.2. The van der Waals surface area contributed by atoms with Crippen molar-refractivity contribution in [2.75, 3.05) is 11.6 Å². The van der Waals surface area contributed by atoms with Crippen LogP contribution in [-0.2, 0) is 9.84 Å². The Morgan fingerprint density at radius 2 is 1.47 bits per heavy atom. The quantitative estimate of drug-likeness (QED) is 0.631. The molecule has 3 rings (SSSR count). The summed E-state index contributed by atoms with van der Waals surface area (Å²) < 4.78 is 23.4. The number of carbonyl (C=O) groups is 2. The van der Waals surface area contributed by atoms with Crippen LogP contribution in [0.2, 0.25) is 0 Å². The van der Waals surface area contributed by atoms with Crippen LogP contribution in [-0.4, -0.2) is 26.5 Å². The second-order valence-corrected chi connectivity index (χ2v) is 8.96. The van der Waals surface area contributed by atoms with Crippen LogP contribution in [0.25, 0.3) is 0 Å². The van der Waals surface area contributed by atoms with Crippen molar-refractivity contribution in [3.8, 4) is 0 Å². The van der Waals surface area contributed by atoms with E-state index in [4.69, 9.17) is 0 Å². The fourth-order valence-electron chi connectivity index (χ4n) is 2.91. The van der Waals surface area contributed by atoms with Gasteiger partial charge in [-0.25, -0.2) is 8.42 Å². The third kappa shape index (κ3) is 5.33. The number of carbonyl (C=O) groups excluding carboxylic acids is 2. The zero-order valence-electron chi connectivity index (χ0n) is 16.6. The molecular weight excluding hydrogens is 400 g/mol. The third-order valence-corrected chi connectivity index (χ3v) is 5.66. The van der Waals surface area contributed by atoms with Gasteiger partial charge in [0.05, 0.1) is 10.9 Å². The zero-order valence-corrected chi connectivity index (χ0v) is 17.4. The topological polar surface area (TPSA) is 92.3 Å². The fourth-order valence-corrected chi connectivity index (χ4v) is 3.58. The number of benzene rings is 3. The minimum absolute atomic E-state index is 0.0911. The maximum Gasteiger partial charge on any atom is 0.255 e. The van der Waals surface area contributed by atoms with Gasteiger partial charge in [-0.1, -0.05) is 36.4 Å². The lowest BCUT2D eigenvalue weighted by atomic mass is 10.1. The molecule has 2 N–H and O–H groups in total. The summed E-state index contributed by atoms with van der Waals surface area (Å²) in [6.45, 7) is 1.82. The zero-order chi connectivity index (χ0) is 21.7. The molecule has 0 saturated heterocycles. The molecule has 7 heteroatoms. The van der Waals surface area contributed by atoms with Gasteiger partial charge in [0, 0.05) is 23.1 Å². The van der Waals surface area contributed by atoms with E-state index >= 15 is 0 Å². The normalized spacial score (nSPS) is 12.1. The molecule has 0 aliphatic carbocycles. The van der Waals surface area contributed by atoms with Crippen molar-refractivity contribution in [2.45, 2.75) is 17.9 Å². The molecule has 3 aromatic carbocycles. The molecule has 6 nitrogen and oxygen atoms in total. The van der Waals surface area contributed by atoms with Crippen molar-refractivity contribution in [1.29, 1.82) is 0 Å². The number of amides is 2. The number of sulfone groups is 1. The van der Waals surface area contributed by atoms with Crippen LogP contribution in [0.3, 0.4) is 0 Å². The third-order valence-electron chi connectivity index (χ3n) is 4.55. The van der Waals surface area contributed by atoms with Gasteiger partial charge in [-0.15, -0.1) is 0 Å². The van der Waals surface area contributed by atoms with Gasteiger partial charge in [0.25, 0.3) is 11.8 Å². The van der Waals surface area contributed by atoms with Crippen molar-refractivity contribution in [3.63, 3.8) is 0 Å². The van der Waals surface area contributed by atoms with Crippen LogP contribution in [0.5, 0.6) is 0 Å². The van der Waals surface area contributed by atoms with Gasteiger partial charge in [-0.3, -0.25) is 9.59 Å². The highest BCUT2D eigenvalue weighted by molar-refractivity contribution is 7.90. The molecule has 30 heavy (non-hydrogen) atoms. The first-order valence-corrected chi connectivity index (χ1v) is 11.2. The van der Waals surface area contributed by atoms with Crippen LogP contribution >= 0.6 is 0 Å². The number of anilines is 1. The Kier molecular flexibility index (Phi) is 6.32. The molecule has 3 aromatic rings. The van der Waals surface area contributed by atoms with Crippen molar-refractivity contribution < 1.29 is 18.0 Å². The summed E-state index contributed by atoms with van der Waals surface area (Å²) in [4.78, 5) is 25.0. The molecule has 2 amide bonds. The summed E-state index contributed by atoms with van der Waals surface area (Å²) in [7, 11) is -3.40. The predicted octanol–water partition coefficient (Wildman–Crippen LogP) is 3.83. The summed E-state index contributed by atoms with van der Waals surface area (Å²) in [5.41, 5.74) is 2.23. The van der Waals surface area contributed by atoms with Crippen LogP contribution in [0, 0.1) is 0 Å². The summed E-state index contributed by atoms with van der Waals surface area (Å²) in [6, 6.07) is 21.6. The van der Waals surface area contributed by atoms with Crippen LogP contribution in [0.1, 0.15) is 39.2 Å². The fraction of sp³-hybridized carbons (Fsp3) is 0.130. The summed E-state index contributed by atoms with van der Waals surface area (Å²) >= 11 is 0. The molecule has 0 aliphatic rings. The van der Waals surface area contributed by atoms with Crippen molar-refractivity contribution in [1.82, 2.24) is 5.32 Å². The van der Waals surface area contributed by atoms with Gasteiger partial charge in [-0.2, -0.15) is 0 Å². The van der Waals surface area contributed by atoms with Gasteiger partial charge >= 0.3 is 0 Å². The highest BCUT2D eigenvalue weighted by atomic mass is 32.2. The van der Waals surface area contributed by atoms with Gasteiger partial charge in [0.2, 0.25) is 0 Å². The molecule has 0 radical (unpaired) electrons. The molecule has 0 saturated carbocycles. The molecule has 1 atom stereocenters. The maximum atomic E-state index is 12.6. The monoisotopic (exact) mass is 422 g/mol. The molecule has 154 valence electrons. The minimum atomic E-state index is -3.40. The average molecular weight is 423 g/mol. The smallest absolute Gasteiger partial charge is 0.255 e. The summed E-state index contributed by atoms with van der Waals surface area (Å²) in [5.74, 6) is -0.603. The minimum Gasteiger partial charge on any atom is -0.346 e. The summed E-state index contributed by atoms with van der Waals surface area (Å²) in [6.07, 6.45) is 1.10. The highest BCUT2D eigenvalue weighted by Crippen LogP contribution is 2.19. The lowest BCUT2D eigenvalue weighted by Gasteiger charge is -2.16. The van der Waals surface area contributed by atoms with Gasteiger partial charge in [0.15, 0.2) is 9.84 Å². The van der Waals surface area contributed by atoms with E-state index < -0.39 is 9.84 Å². The number of nitrogens with one attached hydrogen (secondary N) is 2. The Bertz CT molecular complexity index is 1170. The highest BCUT2D eigenvalue weighted by Gasteiger charge is 2.15. The summed E-state index contributed by atoms with van der Waals surface area (Å²) in [5, 5.41) is 5.70. The Hall–Kier alpha value is -3.45. The number of hydrogen-bond donors (Lipinski definition) is 2. The lowest BCUT2D eigenvalue weighted by molar-refractivity contribution is 0.0938. The van der Waals surface area contributed by atoms with E-state index in [9.17, 15) is 18.0 Å². The van der Waals surface area contributed by atoms with Crippen molar-refractivity contribution >= 4 is 27.3 Å². The van der Waals surface area contributed by atoms with E-state index in [-0.39, 0.29) is 28.3 Å². The SMILES string of the molecule is CC(NC(=O)c1cccc(S(C)(=O)=O)c1)c1cccc(NC(=O)c2ccccc2)c1.